The number of allylic oxidation sites excluding steroid dienone is 2. The highest BCUT2D eigenvalue weighted by Gasteiger charge is 2.33. The Labute approximate surface area is 215 Å². The molecule has 0 bridgehead atoms. The Morgan fingerprint density at radius 2 is 1.64 bits per heavy atom. The molecule has 202 valence electrons. The van der Waals surface area contributed by atoms with Crippen molar-refractivity contribution >= 4 is 29.4 Å². The molecule has 0 aliphatic carbocycles. The Bertz CT molecular complexity index is 858. The number of hydrogen-bond acceptors (Lipinski definition) is 6. The zero-order chi connectivity index (χ0) is 27.4. The summed E-state index contributed by atoms with van der Waals surface area (Å²) in [5, 5.41) is 5.28. The van der Waals surface area contributed by atoms with E-state index in [1.54, 1.807) is 33.8 Å². The minimum Gasteiger partial charge on any atom is -0.456 e. The molecule has 0 unspecified atom stereocenters. The topological polar surface area (TPSA) is 119 Å². The van der Waals surface area contributed by atoms with E-state index in [-0.39, 0.29) is 48.4 Å². The van der Waals surface area contributed by atoms with E-state index in [1.165, 1.54) is 6.08 Å². The Morgan fingerprint density at radius 1 is 0.972 bits per heavy atom. The second-order valence-electron chi connectivity index (χ2n) is 10.2. The molecular weight excluding hydrogens is 460 g/mol. The van der Waals surface area contributed by atoms with Crippen molar-refractivity contribution in [1.29, 1.82) is 0 Å². The van der Waals surface area contributed by atoms with Crippen LogP contribution in [0.15, 0.2) is 23.9 Å². The molecule has 2 N–H and O–H groups in total. The summed E-state index contributed by atoms with van der Waals surface area (Å²) in [5.41, 5.74) is 0.00595. The summed E-state index contributed by atoms with van der Waals surface area (Å²) in [7, 11) is 0. The third-order valence-corrected chi connectivity index (χ3v) is 6.48. The molecule has 1 fully saturated rings. The fraction of sp³-hybridized carbons (Fsp3) is 0.679. The lowest BCUT2D eigenvalue weighted by molar-refractivity contribution is -0.153. The quantitative estimate of drug-likeness (QED) is 0.320. The molecule has 0 saturated carbocycles. The summed E-state index contributed by atoms with van der Waals surface area (Å²) >= 11 is 0. The van der Waals surface area contributed by atoms with Crippen LogP contribution in [0.1, 0.15) is 87.0 Å². The van der Waals surface area contributed by atoms with Gasteiger partial charge < -0.3 is 15.4 Å². The van der Waals surface area contributed by atoms with Gasteiger partial charge in [0.25, 0.3) is 5.91 Å². The van der Waals surface area contributed by atoms with Crippen LogP contribution < -0.4 is 10.6 Å². The van der Waals surface area contributed by atoms with Gasteiger partial charge in [-0.15, -0.1) is 0 Å². The van der Waals surface area contributed by atoms with Gasteiger partial charge in [-0.2, -0.15) is 0 Å². The summed E-state index contributed by atoms with van der Waals surface area (Å²) in [6.45, 7) is 12.7. The van der Waals surface area contributed by atoms with E-state index in [1.807, 2.05) is 26.8 Å². The molecule has 4 atom stereocenters. The van der Waals surface area contributed by atoms with Crippen molar-refractivity contribution in [3.63, 3.8) is 0 Å². The molecule has 1 aliphatic rings. The molecule has 1 aliphatic heterocycles. The minimum atomic E-state index is -0.971. The predicted octanol–water partition coefficient (Wildman–Crippen LogP) is 4.04. The summed E-state index contributed by atoms with van der Waals surface area (Å²) in [4.78, 5) is 65.2. The maximum Gasteiger partial charge on any atom is 0.329 e. The first kappa shape index (κ1) is 31.3. The Hall–Kier alpha value is -2.77. The lowest BCUT2D eigenvalue weighted by atomic mass is 9.82. The van der Waals surface area contributed by atoms with Crippen molar-refractivity contribution in [2.45, 2.75) is 99.1 Å². The molecule has 0 aromatic rings. The summed E-state index contributed by atoms with van der Waals surface area (Å²) in [5.74, 6) is -3.65. The Morgan fingerprint density at radius 3 is 2.17 bits per heavy atom. The normalized spacial score (nSPS) is 27.0. The van der Waals surface area contributed by atoms with E-state index in [0.29, 0.717) is 6.42 Å². The second kappa shape index (κ2) is 15.4. The summed E-state index contributed by atoms with van der Waals surface area (Å²) in [6, 6.07) is -0.971. The van der Waals surface area contributed by atoms with Crippen molar-refractivity contribution in [2.24, 2.45) is 23.7 Å². The van der Waals surface area contributed by atoms with Crippen LogP contribution >= 0.6 is 0 Å². The molecule has 36 heavy (non-hydrogen) atoms. The van der Waals surface area contributed by atoms with Crippen molar-refractivity contribution in [3.05, 3.63) is 23.9 Å². The highest BCUT2D eigenvalue weighted by atomic mass is 16.5. The van der Waals surface area contributed by atoms with Gasteiger partial charge >= 0.3 is 5.97 Å². The number of unbranched alkanes of at least 4 members (excludes halogenated alkanes) is 1. The lowest BCUT2D eigenvalue weighted by Crippen LogP contribution is -2.49. The number of carbonyl (C=O) groups excluding carboxylic acids is 5. The van der Waals surface area contributed by atoms with Crippen LogP contribution in [0.2, 0.25) is 0 Å². The third-order valence-electron chi connectivity index (χ3n) is 6.48. The van der Waals surface area contributed by atoms with Gasteiger partial charge in [0.2, 0.25) is 5.91 Å². The smallest absolute Gasteiger partial charge is 0.329 e. The number of nitrogens with one attached hydrogen (secondary N) is 2. The van der Waals surface area contributed by atoms with E-state index in [4.69, 9.17) is 4.74 Å². The van der Waals surface area contributed by atoms with Gasteiger partial charge in [-0.3, -0.25) is 19.2 Å². The molecule has 1 heterocycles. The van der Waals surface area contributed by atoms with Crippen molar-refractivity contribution in [3.8, 4) is 0 Å². The van der Waals surface area contributed by atoms with Crippen LogP contribution in [-0.2, 0) is 28.7 Å². The number of Topliss-reactive ketones (excluding diaryl/α,β-unsaturated/α-hetero) is 2. The van der Waals surface area contributed by atoms with E-state index in [9.17, 15) is 24.0 Å². The highest BCUT2D eigenvalue weighted by Crippen LogP contribution is 2.24. The van der Waals surface area contributed by atoms with Gasteiger partial charge in [0.05, 0.1) is 0 Å². The number of ether oxygens (including phenoxy) is 1. The van der Waals surface area contributed by atoms with Crippen LogP contribution in [-0.4, -0.2) is 41.5 Å². The van der Waals surface area contributed by atoms with Gasteiger partial charge in [-0.05, 0) is 37.7 Å². The van der Waals surface area contributed by atoms with E-state index in [0.717, 1.165) is 12.8 Å². The SMILES string of the molecule is C/C=C1\NC(=O)[C@@H](CC)CC(=O)[C@@H](C(C)C)CC(=O)C[C@@H](/C=C/CCC)OC(=O)[C@H](C(C)C)NC1=O. The number of rotatable bonds is 6. The van der Waals surface area contributed by atoms with Crippen LogP contribution in [0.3, 0.4) is 0 Å². The first-order valence-electron chi connectivity index (χ1n) is 13.1. The largest absolute Gasteiger partial charge is 0.456 e. The van der Waals surface area contributed by atoms with Gasteiger partial charge in [0.1, 0.15) is 29.4 Å². The molecule has 8 nitrogen and oxygen atoms in total. The zero-order valence-corrected chi connectivity index (χ0v) is 22.9. The van der Waals surface area contributed by atoms with Gasteiger partial charge in [-0.1, -0.05) is 60.1 Å². The molecular formula is C28H44N2O6. The standard InChI is InChI=1S/C28H44N2O6/c1-8-11-12-13-21-15-20(31)16-22(17(4)5)24(32)14-19(9-2)26(33)29-23(10-3)27(34)30-25(18(6)7)28(35)36-21/h10,12-13,17-19,21-22,25H,8-9,11,14-16H2,1-7H3,(H,29,33)(H,30,34)/b13-12+,23-10-/t19-,21+,22+,25-/m0/s1. The summed E-state index contributed by atoms with van der Waals surface area (Å²) < 4.78 is 5.68. The van der Waals surface area contributed by atoms with Crippen molar-refractivity contribution < 1.29 is 28.7 Å². The maximum absolute atomic E-state index is 13.2. The Balaban J connectivity index is 3.43. The third kappa shape index (κ3) is 9.70. The molecule has 0 aromatic carbocycles. The van der Waals surface area contributed by atoms with Crippen molar-refractivity contribution in [2.75, 3.05) is 0 Å². The number of carbonyl (C=O) groups is 5. The first-order chi connectivity index (χ1) is 16.9. The second-order valence-corrected chi connectivity index (χ2v) is 10.2. The fourth-order valence-corrected chi connectivity index (χ4v) is 4.09. The fourth-order valence-electron chi connectivity index (χ4n) is 4.09. The number of cyclic esters (lactones) is 1. The Kier molecular flexibility index (Phi) is 13.3. The summed E-state index contributed by atoms with van der Waals surface area (Å²) in [6.07, 6.45) is 6.26. The van der Waals surface area contributed by atoms with Crippen LogP contribution in [0, 0.1) is 23.7 Å². The van der Waals surface area contributed by atoms with Crippen LogP contribution in [0.4, 0.5) is 0 Å². The van der Waals surface area contributed by atoms with Gasteiger partial charge in [0, 0.05) is 31.1 Å². The van der Waals surface area contributed by atoms with Gasteiger partial charge in [-0.25, -0.2) is 4.79 Å². The molecule has 0 aromatic heterocycles. The molecule has 8 heteroatoms. The molecule has 0 radical (unpaired) electrons. The van der Waals surface area contributed by atoms with E-state index >= 15 is 0 Å². The molecule has 1 rings (SSSR count). The van der Waals surface area contributed by atoms with E-state index in [2.05, 4.69) is 10.6 Å². The van der Waals surface area contributed by atoms with Crippen LogP contribution in [0.5, 0.6) is 0 Å². The zero-order valence-electron chi connectivity index (χ0n) is 22.9. The highest BCUT2D eigenvalue weighted by molar-refractivity contribution is 6.00. The number of hydrogen-bond donors (Lipinski definition) is 2. The minimum absolute atomic E-state index is 0.00595. The predicted molar refractivity (Wildman–Crippen MR) is 139 cm³/mol. The maximum atomic E-state index is 13.2. The molecule has 1 saturated heterocycles. The average molecular weight is 505 g/mol. The van der Waals surface area contributed by atoms with E-state index < -0.39 is 41.8 Å². The number of esters is 1. The average Bonchev–Trinajstić information content (AvgIpc) is 2.81. The lowest BCUT2D eigenvalue weighted by Gasteiger charge is -2.26. The first-order valence-corrected chi connectivity index (χ1v) is 13.1. The van der Waals surface area contributed by atoms with Crippen molar-refractivity contribution in [1.82, 2.24) is 10.6 Å². The molecule has 0 spiro atoms. The van der Waals surface area contributed by atoms with Crippen LogP contribution in [0.25, 0.3) is 0 Å². The number of amides is 2. The monoisotopic (exact) mass is 504 g/mol. The number of ketones is 2. The molecule has 2 amide bonds. The van der Waals surface area contributed by atoms with Gasteiger partial charge in [0.15, 0.2) is 0 Å².